The number of hydrogen-bond donors (Lipinski definition) is 1. The van der Waals surface area contributed by atoms with Crippen molar-refractivity contribution in [1.29, 1.82) is 0 Å². The van der Waals surface area contributed by atoms with Crippen molar-refractivity contribution in [3.05, 3.63) is 77.5 Å². The number of rotatable bonds is 4. The van der Waals surface area contributed by atoms with Gasteiger partial charge in [-0.3, -0.25) is 4.79 Å². The number of benzene rings is 2. The van der Waals surface area contributed by atoms with Crippen LogP contribution in [0.2, 0.25) is 0 Å². The Bertz CT molecular complexity index is 600. The van der Waals surface area contributed by atoms with Gasteiger partial charge in [0.05, 0.1) is 0 Å². The SMILES string of the molecule is Cc1ccc(C)c(N/C=C\C(=O)c2ccccc2)c1. The average Bonchev–Trinajstić information content (AvgIpc) is 2.43. The first kappa shape index (κ1) is 13.1. The number of ketones is 1. The lowest BCUT2D eigenvalue weighted by Gasteiger charge is -2.06. The Kier molecular flexibility index (Phi) is 4.14. The van der Waals surface area contributed by atoms with Crippen LogP contribution in [0.15, 0.2) is 60.8 Å². The molecule has 2 heteroatoms. The summed E-state index contributed by atoms with van der Waals surface area (Å²) in [5.74, 6) is -0.00148. The maximum absolute atomic E-state index is 11.9. The fourth-order valence-electron chi connectivity index (χ4n) is 1.80. The Balaban J connectivity index is 2.04. The Morgan fingerprint density at radius 2 is 1.79 bits per heavy atom. The lowest BCUT2D eigenvalue weighted by atomic mass is 10.1. The second-order valence-corrected chi connectivity index (χ2v) is 4.53. The van der Waals surface area contributed by atoms with Crippen LogP contribution in [0.5, 0.6) is 0 Å². The van der Waals surface area contributed by atoms with E-state index in [1.54, 1.807) is 12.3 Å². The average molecular weight is 251 g/mol. The summed E-state index contributed by atoms with van der Waals surface area (Å²) in [6.45, 7) is 4.08. The fraction of sp³-hybridized carbons (Fsp3) is 0.118. The number of hydrogen-bond acceptors (Lipinski definition) is 2. The predicted octanol–water partition coefficient (Wildman–Crippen LogP) is 4.11. The van der Waals surface area contributed by atoms with Gasteiger partial charge in [-0.25, -0.2) is 0 Å². The maximum Gasteiger partial charge on any atom is 0.187 e. The Hall–Kier alpha value is -2.35. The molecule has 0 aliphatic rings. The first-order valence-corrected chi connectivity index (χ1v) is 6.26. The van der Waals surface area contributed by atoms with Gasteiger partial charge in [0.25, 0.3) is 0 Å². The van der Waals surface area contributed by atoms with Gasteiger partial charge in [-0.05, 0) is 31.0 Å². The quantitative estimate of drug-likeness (QED) is 0.654. The smallest absolute Gasteiger partial charge is 0.187 e. The van der Waals surface area contributed by atoms with Gasteiger partial charge in [0, 0.05) is 23.5 Å². The van der Waals surface area contributed by atoms with Crippen molar-refractivity contribution in [1.82, 2.24) is 0 Å². The van der Waals surface area contributed by atoms with Crippen LogP contribution in [0, 0.1) is 13.8 Å². The monoisotopic (exact) mass is 251 g/mol. The Morgan fingerprint density at radius 3 is 2.53 bits per heavy atom. The fourth-order valence-corrected chi connectivity index (χ4v) is 1.80. The molecule has 2 nitrogen and oxygen atoms in total. The second kappa shape index (κ2) is 6.01. The molecule has 1 N–H and O–H groups in total. The summed E-state index contributed by atoms with van der Waals surface area (Å²) in [5.41, 5.74) is 4.07. The van der Waals surface area contributed by atoms with Gasteiger partial charge in [0.15, 0.2) is 5.78 Å². The molecule has 0 amide bonds. The third kappa shape index (κ3) is 3.55. The molecule has 0 atom stereocenters. The van der Waals surface area contributed by atoms with E-state index in [0.717, 1.165) is 11.3 Å². The maximum atomic E-state index is 11.9. The van der Waals surface area contributed by atoms with Gasteiger partial charge in [-0.15, -0.1) is 0 Å². The van der Waals surface area contributed by atoms with Crippen molar-refractivity contribution < 1.29 is 4.79 Å². The third-order valence-corrected chi connectivity index (χ3v) is 2.92. The molecule has 0 radical (unpaired) electrons. The topological polar surface area (TPSA) is 29.1 Å². The zero-order chi connectivity index (χ0) is 13.7. The first-order valence-electron chi connectivity index (χ1n) is 6.26. The molecule has 0 unspecified atom stereocenters. The highest BCUT2D eigenvalue weighted by atomic mass is 16.1. The van der Waals surface area contributed by atoms with Crippen molar-refractivity contribution in [3.63, 3.8) is 0 Å². The number of aryl methyl sites for hydroxylation is 2. The van der Waals surface area contributed by atoms with Crippen molar-refractivity contribution in [3.8, 4) is 0 Å². The molecule has 0 fully saturated rings. The van der Waals surface area contributed by atoms with Crippen molar-refractivity contribution >= 4 is 11.5 Å². The molecule has 2 aromatic rings. The van der Waals surface area contributed by atoms with Gasteiger partial charge in [-0.2, -0.15) is 0 Å². The van der Waals surface area contributed by atoms with Crippen LogP contribution in [0.1, 0.15) is 21.5 Å². The highest BCUT2D eigenvalue weighted by molar-refractivity contribution is 6.04. The molecule has 0 saturated heterocycles. The summed E-state index contributed by atoms with van der Waals surface area (Å²) >= 11 is 0. The molecule has 2 aromatic carbocycles. The zero-order valence-corrected chi connectivity index (χ0v) is 11.2. The standard InChI is InChI=1S/C17H17NO/c1-13-8-9-14(2)16(12-13)18-11-10-17(19)15-6-4-3-5-7-15/h3-12,18H,1-2H3/b11-10-. The number of carbonyl (C=O) groups is 1. The van der Waals surface area contributed by atoms with E-state index in [9.17, 15) is 4.79 Å². The minimum absolute atomic E-state index is 0.00148. The molecule has 0 saturated carbocycles. The van der Waals surface area contributed by atoms with Crippen LogP contribution >= 0.6 is 0 Å². The van der Waals surface area contributed by atoms with Crippen LogP contribution < -0.4 is 5.32 Å². The van der Waals surface area contributed by atoms with E-state index in [2.05, 4.69) is 23.5 Å². The largest absolute Gasteiger partial charge is 0.361 e. The molecule has 0 aromatic heterocycles. The van der Waals surface area contributed by atoms with Gasteiger partial charge in [-0.1, -0.05) is 42.5 Å². The van der Waals surface area contributed by atoms with E-state index in [0.29, 0.717) is 5.56 Å². The minimum atomic E-state index is -0.00148. The summed E-state index contributed by atoms with van der Waals surface area (Å²) in [4.78, 5) is 11.9. The predicted molar refractivity (Wildman–Crippen MR) is 79.5 cm³/mol. The molecule has 0 aliphatic heterocycles. The Labute approximate surface area is 113 Å². The van der Waals surface area contributed by atoms with E-state index in [4.69, 9.17) is 0 Å². The van der Waals surface area contributed by atoms with Gasteiger partial charge in [0.2, 0.25) is 0 Å². The first-order chi connectivity index (χ1) is 9.16. The molecular weight excluding hydrogens is 234 g/mol. The van der Waals surface area contributed by atoms with Crippen molar-refractivity contribution in [2.75, 3.05) is 5.32 Å². The molecule has 0 spiro atoms. The molecule has 0 bridgehead atoms. The number of anilines is 1. The highest BCUT2D eigenvalue weighted by Crippen LogP contribution is 2.16. The van der Waals surface area contributed by atoms with E-state index < -0.39 is 0 Å². The molecule has 0 heterocycles. The minimum Gasteiger partial charge on any atom is -0.361 e. The molecular formula is C17H17NO. The lowest BCUT2D eigenvalue weighted by Crippen LogP contribution is -1.97. The number of carbonyl (C=O) groups excluding carboxylic acids is 1. The molecule has 2 rings (SSSR count). The van der Waals surface area contributed by atoms with Gasteiger partial charge in [0.1, 0.15) is 0 Å². The highest BCUT2D eigenvalue weighted by Gasteiger charge is 1.99. The molecule has 19 heavy (non-hydrogen) atoms. The van der Waals surface area contributed by atoms with Crippen LogP contribution in [0.4, 0.5) is 5.69 Å². The number of allylic oxidation sites excluding steroid dienone is 1. The third-order valence-electron chi connectivity index (χ3n) is 2.92. The summed E-state index contributed by atoms with van der Waals surface area (Å²) in [6, 6.07) is 15.4. The van der Waals surface area contributed by atoms with Gasteiger partial charge < -0.3 is 5.32 Å². The van der Waals surface area contributed by atoms with E-state index in [-0.39, 0.29) is 5.78 Å². The normalized spacial score (nSPS) is 10.6. The van der Waals surface area contributed by atoms with Crippen LogP contribution in [-0.4, -0.2) is 5.78 Å². The van der Waals surface area contributed by atoms with Crippen molar-refractivity contribution in [2.45, 2.75) is 13.8 Å². The second-order valence-electron chi connectivity index (χ2n) is 4.53. The van der Waals surface area contributed by atoms with E-state index in [1.165, 1.54) is 5.56 Å². The van der Waals surface area contributed by atoms with Crippen LogP contribution in [-0.2, 0) is 0 Å². The number of nitrogens with one attached hydrogen (secondary N) is 1. The molecule has 0 aliphatic carbocycles. The molecule has 96 valence electrons. The Morgan fingerprint density at radius 1 is 1.05 bits per heavy atom. The lowest BCUT2D eigenvalue weighted by molar-refractivity contribution is 0.104. The van der Waals surface area contributed by atoms with Crippen LogP contribution in [0.25, 0.3) is 0 Å². The van der Waals surface area contributed by atoms with Crippen molar-refractivity contribution in [2.24, 2.45) is 0 Å². The van der Waals surface area contributed by atoms with E-state index >= 15 is 0 Å². The summed E-state index contributed by atoms with van der Waals surface area (Å²) in [6.07, 6.45) is 3.24. The van der Waals surface area contributed by atoms with E-state index in [1.807, 2.05) is 44.2 Å². The summed E-state index contributed by atoms with van der Waals surface area (Å²) in [5, 5.41) is 3.15. The summed E-state index contributed by atoms with van der Waals surface area (Å²) in [7, 11) is 0. The van der Waals surface area contributed by atoms with Gasteiger partial charge >= 0.3 is 0 Å². The zero-order valence-electron chi connectivity index (χ0n) is 11.2. The summed E-state index contributed by atoms with van der Waals surface area (Å²) < 4.78 is 0. The van der Waals surface area contributed by atoms with Crippen LogP contribution in [0.3, 0.4) is 0 Å².